The molecule has 0 saturated carbocycles. The zero-order valence-electron chi connectivity index (χ0n) is 32.9. The third-order valence-electron chi connectivity index (χ3n) is 12.8. The highest BCUT2D eigenvalue weighted by atomic mass is 15.0. The lowest BCUT2D eigenvalue weighted by molar-refractivity contribution is 1.18. The Hall–Kier alpha value is -8.32. The van der Waals surface area contributed by atoms with Crippen LogP contribution >= 0.6 is 0 Å². The molecule has 0 spiro atoms. The van der Waals surface area contributed by atoms with Gasteiger partial charge < -0.3 is 4.57 Å². The minimum absolute atomic E-state index is 0.654. The fourth-order valence-electron chi connectivity index (χ4n) is 10.0. The molecule has 13 aromatic rings. The average Bonchev–Trinajstić information content (AvgIpc) is 3.66. The molecule has 0 unspecified atom stereocenters. The van der Waals surface area contributed by atoms with Crippen molar-refractivity contribution in [3.8, 4) is 50.2 Å². The van der Waals surface area contributed by atoms with Gasteiger partial charge in [-0.2, -0.15) is 0 Å². The van der Waals surface area contributed by atoms with E-state index in [9.17, 15) is 0 Å². The van der Waals surface area contributed by atoms with Gasteiger partial charge in [0.1, 0.15) is 0 Å². The van der Waals surface area contributed by atoms with E-state index in [1.54, 1.807) is 0 Å². The van der Waals surface area contributed by atoms with Gasteiger partial charge in [-0.25, -0.2) is 4.85 Å². The Balaban J connectivity index is 0.859. The summed E-state index contributed by atoms with van der Waals surface area (Å²) in [6, 6.07) is 70.5. The first-order valence-corrected chi connectivity index (χ1v) is 20.7. The van der Waals surface area contributed by atoms with Gasteiger partial charge in [-0.1, -0.05) is 127 Å². The van der Waals surface area contributed by atoms with Crippen LogP contribution in [-0.2, 0) is 0 Å². The number of fused-ring (bicyclic) bond motifs is 1. The van der Waals surface area contributed by atoms with Crippen LogP contribution in [-0.4, -0.2) is 9.55 Å². The largest absolute Gasteiger partial charge is 0.310 e. The molecule has 2 heterocycles. The Morgan fingerprint density at radius 3 is 1.39 bits per heavy atom. The second kappa shape index (κ2) is 12.8. The van der Waals surface area contributed by atoms with Gasteiger partial charge in [0.15, 0.2) is 5.69 Å². The number of rotatable bonds is 5. The minimum Gasteiger partial charge on any atom is -0.310 e. The van der Waals surface area contributed by atoms with Crippen LogP contribution in [0.1, 0.15) is 0 Å². The van der Waals surface area contributed by atoms with Crippen LogP contribution in [0.25, 0.3) is 131 Å². The number of hydrogen-bond donors (Lipinski definition) is 0. The predicted octanol–water partition coefficient (Wildman–Crippen LogP) is 16.0. The predicted molar refractivity (Wildman–Crippen MR) is 256 cm³/mol. The van der Waals surface area contributed by atoms with E-state index in [1.807, 2.05) is 30.5 Å². The molecule has 0 radical (unpaired) electrons. The zero-order valence-corrected chi connectivity index (χ0v) is 32.9. The third kappa shape index (κ3) is 5.13. The maximum atomic E-state index is 7.80. The van der Waals surface area contributed by atoms with Gasteiger partial charge in [-0.3, -0.25) is 4.98 Å². The maximum absolute atomic E-state index is 7.80. The number of hydrogen-bond acceptors (Lipinski definition) is 1. The van der Waals surface area contributed by atoms with E-state index in [0.29, 0.717) is 5.69 Å². The van der Waals surface area contributed by atoms with Gasteiger partial charge in [0.25, 0.3) is 0 Å². The Morgan fingerprint density at radius 1 is 0.361 bits per heavy atom. The quantitative estimate of drug-likeness (QED) is 0.126. The highest BCUT2D eigenvalue weighted by Gasteiger charge is 2.19. The normalized spacial score (nSPS) is 11.9. The van der Waals surface area contributed by atoms with Crippen LogP contribution in [0.5, 0.6) is 0 Å². The summed E-state index contributed by atoms with van der Waals surface area (Å²) in [6.07, 6.45) is 1.87. The summed E-state index contributed by atoms with van der Waals surface area (Å²) in [5, 5.41) is 13.5. The molecule has 0 bridgehead atoms. The molecule has 3 heteroatoms. The number of nitrogens with zero attached hydrogens (tertiary/aromatic N) is 3. The van der Waals surface area contributed by atoms with E-state index in [0.717, 1.165) is 38.6 Å². The summed E-state index contributed by atoms with van der Waals surface area (Å²) in [6.45, 7) is 7.80. The SMILES string of the molecule is [C-]#[N+]c1cc2ccc3cc(-c4ccc(-c5cc6ccc7cc(-c8ccc(-c9cccc%10cccnc9%10)cc8)cc8ccc(c5)c6c78)cc4)cc4c3c2c(c1)n4-c1ccccc1. The van der Waals surface area contributed by atoms with Crippen molar-refractivity contribution >= 4 is 81.5 Å². The molecule has 3 nitrogen and oxygen atoms in total. The second-order valence-corrected chi connectivity index (χ2v) is 16.3. The van der Waals surface area contributed by atoms with Crippen molar-refractivity contribution in [1.29, 1.82) is 0 Å². The standard InChI is InChI=1S/C58H33N3/c1-59-49-32-45-25-24-44-31-48(33-52-56(44)57(45)53(34-49)61(52)50-9-3-2-4-10-50)37-14-12-35(13-15-37)46-27-40-20-22-42-29-47(30-43-23-21-41(28-46)54(40)55(42)43)36-16-18-38(19-17-36)51-11-5-7-39-8-6-26-60-58(39)51/h2-34H. The number of para-hydroxylation sites is 2. The second-order valence-electron chi connectivity index (χ2n) is 16.3. The van der Waals surface area contributed by atoms with E-state index < -0.39 is 0 Å². The zero-order chi connectivity index (χ0) is 40.2. The van der Waals surface area contributed by atoms with E-state index in [-0.39, 0.29) is 0 Å². The van der Waals surface area contributed by atoms with Crippen molar-refractivity contribution in [1.82, 2.24) is 9.55 Å². The lowest BCUT2D eigenvalue weighted by Crippen LogP contribution is -1.93. The summed E-state index contributed by atoms with van der Waals surface area (Å²) in [4.78, 5) is 8.51. The average molecular weight is 772 g/mol. The molecule has 0 fully saturated rings. The van der Waals surface area contributed by atoms with Crippen LogP contribution < -0.4 is 0 Å². The summed E-state index contributed by atoms with van der Waals surface area (Å²) in [5.74, 6) is 0. The summed E-state index contributed by atoms with van der Waals surface area (Å²) < 4.78 is 2.32. The molecule has 0 aliphatic heterocycles. The van der Waals surface area contributed by atoms with E-state index in [1.165, 1.54) is 87.4 Å². The van der Waals surface area contributed by atoms with E-state index in [4.69, 9.17) is 6.57 Å². The lowest BCUT2D eigenvalue weighted by atomic mass is 9.89. The number of pyridine rings is 1. The molecule has 0 saturated heterocycles. The molecule has 0 atom stereocenters. The minimum atomic E-state index is 0.654. The van der Waals surface area contributed by atoms with Gasteiger partial charge in [0.05, 0.1) is 17.6 Å². The first kappa shape index (κ1) is 33.6. The van der Waals surface area contributed by atoms with Crippen LogP contribution in [0, 0.1) is 6.57 Å². The molecule has 0 N–H and O–H groups in total. The van der Waals surface area contributed by atoms with Gasteiger partial charge in [-0.05, 0) is 149 Å². The van der Waals surface area contributed by atoms with Crippen molar-refractivity contribution in [3.05, 3.63) is 212 Å². The van der Waals surface area contributed by atoms with Crippen LogP contribution in [0.2, 0.25) is 0 Å². The number of aromatic nitrogens is 2. The van der Waals surface area contributed by atoms with E-state index in [2.05, 4.69) is 184 Å². The summed E-state index contributed by atoms with van der Waals surface area (Å²) >= 11 is 0. The monoisotopic (exact) mass is 771 g/mol. The maximum Gasteiger partial charge on any atom is 0.189 e. The molecule has 0 amide bonds. The van der Waals surface area contributed by atoms with Crippen LogP contribution in [0.4, 0.5) is 5.69 Å². The molecular weight excluding hydrogens is 739 g/mol. The topological polar surface area (TPSA) is 22.2 Å². The summed E-state index contributed by atoms with van der Waals surface area (Å²) in [7, 11) is 0. The van der Waals surface area contributed by atoms with Crippen LogP contribution in [0.15, 0.2) is 200 Å². The van der Waals surface area contributed by atoms with Crippen molar-refractivity contribution in [2.45, 2.75) is 0 Å². The number of benzene rings is 11. The van der Waals surface area contributed by atoms with Gasteiger partial charge in [0.2, 0.25) is 0 Å². The highest BCUT2D eigenvalue weighted by Crippen LogP contribution is 2.44. The molecule has 13 rings (SSSR count). The van der Waals surface area contributed by atoms with Crippen molar-refractivity contribution < 1.29 is 0 Å². The fraction of sp³-hybridized carbons (Fsp3) is 0. The van der Waals surface area contributed by atoms with Gasteiger partial charge in [0, 0.05) is 39.1 Å². The first-order chi connectivity index (χ1) is 30.1. The van der Waals surface area contributed by atoms with E-state index >= 15 is 0 Å². The molecule has 2 aromatic heterocycles. The lowest BCUT2D eigenvalue weighted by Gasteiger charge is -2.15. The first-order valence-electron chi connectivity index (χ1n) is 20.7. The third-order valence-corrected chi connectivity index (χ3v) is 12.8. The Bertz CT molecular complexity index is 3840. The van der Waals surface area contributed by atoms with Crippen molar-refractivity contribution in [2.24, 2.45) is 0 Å². The highest BCUT2D eigenvalue weighted by molar-refractivity contribution is 6.26. The Labute approximate surface area is 351 Å². The molecule has 61 heavy (non-hydrogen) atoms. The molecule has 280 valence electrons. The smallest absolute Gasteiger partial charge is 0.189 e. The molecular formula is C58H33N3. The summed E-state index contributed by atoms with van der Waals surface area (Å²) in [5.41, 5.74) is 14.5. The van der Waals surface area contributed by atoms with Gasteiger partial charge >= 0.3 is 0 Å². The molecule has 0 aliphatic rings. The Morgan fingerprint density at radius 2 is 0.836 bits per heavy atom. The van der Waals surface area contributed by atoms with Crippen LogP contribution in [0.3, 0.4) is 0 Å². The van der Waals surface area contributed by atoms with Crippen molar-refractivity contribution in [3.63, 3.8) is 0 Å². The fourth-order valence-corrected chi connectivity index (χ4v) is 10.0. The van der Waals surface area contributed by atoms with Crippen molar-refractivity contribution in [2.75, 3.05) is 0 Å². The molecule has 11 aromatic carbocycles. The molecule has 0 aliphatic carbocycles. The van der Waals surface area contributed by atoms with Gasteiger partial charge in [-0.15, -0.1) is 0 Å². The Kier molecular flexibility index (Phi) is 7.08.